The first-order valence-electron chi connectivity index (χ1n) is 28.5. The molecule has 0 amide bonds. The van der Waals surface area contributed by atoms with Crippen LogP contribution in [0.4, 0.5) is 0 Å². The van der Waals surface area contributed by atoms with Crippen LogP contribution >= 0.6 is 0 Å². The van der Waals surface area contributed by atoms with E-state index in [0.717, 1.165) is 57.8 Å². The Bertz CT molecular complexity index is 936. The van der Waals surface area contributed by atoms with Gasteiger partial charge >= 0.3 is 17.9 Å². The van der Waals surface area contributed by atoms with Crippen LogP contribution in [0.25, 0.3) is 0 Å². The van der Waals surface area contributed by atoms with E-state index in [-0.39, 0.29) is 31.1 Å². The van der Waals surface area contributed by atoms with Crippen LogP contribution in [0.1, 0.15) is 329 Å². The first-order chi connectivity index (χ1) is 31.0. The zero-order chi connectivity index (χ0) is 45.8. The summed E-state index contributed by atoms with van der Waals surface area (Å²) >= 11 is 0. The average Bonchev–Trinajstić information content (AvgIpc) is 3.28. The van der Waals surface area contributed by atoms with Gasteiger partial charge in [-0.25, -0.2) is 0 Å². The van der Waals surface area contributed by atoms with Crippen molar-refractivity contribution >= 4 is 17.9 Å². The van der Waals surface area contributed by atoms with Gasteiger partial charge in [0.15, 0.2) is 6.10 Å². The molecule has 0 N–H and O–H groups in total. The Hall–Kier alpha value is -1.59. The number of rotatable bonds is 53. The summed E-state index contributed by atoms with van der Waals surface area (Å²) < 4.78 is 16.8. The van der Waals surface area contributed by atoms with Crippen LogP contribution in [-0.4, -0.2) is 37.2 Å². The van der Waals surface area contributed by atoms with Crippen molar-refractivity contribution in [3.05, 3.63) is 0 Å². The largest absolute Gasteiger partial charge is 0.462 e. The third kappa shape index (κ3) is 51.3. The number of hydrogen-bond acceptors (Lipinski definition) is 6. The lowest BCUT2D eigenvalue weighted by Crippen LogP contribution is -2.30. The number of unbranched alkanes of at least 4 members (excludes halogenated alkanes) is 42. The number of carbonyl (C=O) groups excluding carboxylic acids is 3. The second kappa shape index (κ2) is 53.0. The zero-order valence-corrected chi connectivity index (χ0v) is 42.9. The highest BCUT2D eigenvalue weighted by Crippen LogP contribution is 2.18. The van der Waals surface area contributed by atoms with Crippen LogP contribution in [0, 0.1) is 0 Å². The maximum absolute atomic E-state index is 12.8. The molecule has 0 radical (unpaired) electrons. The van der Waals surface area contributed by atoms with Gasteiger partial charge in [-0.05, 0) is 19.3 Å². The van der Waals surface area contributed by atoms with Crippen molar-refractivity contribution < 1.29 is 28.6 Å². The third-order valence-electron chi connectivity index (χ3n) is 13.1. The molecule has 0 aromatic rings. The van der Waals surface area contributed by atoms with Crippen LogP contribution in [0.2, 0.25) is 0 Å². The minimum absolute atomic E-state index is 0.0620. The number of carbonyl (C=O) groups is 3. The molecule has 1 atom stereocenters. The van der Waals surface area contributed by atoms with E-state index in [2.05, 4.69) is 20.8 Å². The van der Waals surface area contributed by atoms with Gasteiger partial charge in [0.05, 0.1) is 0 Å². The van der Waals surface area contributed by atoms with Crippen molar-refractivity contribution in [1.29, 1.82) is 0 Å². The number of ether oxygens (including phenoxy) is 3. The van der Waals surface area contributed by atoms with Crippen molar-refractivity contribution in [2.24, 2.45) is 0 Å². The van der Waals surface area contributed by atoms with Gasteiger partial charge in [0.2, 0.25) is 0 Å². The first kappa shape index (κ1) is 61.4. The van der Waals surface area contributed by atoms with Crippen molar-refractivity contribution in [1.82, 2.24) is 0 Å². The maximum Gasteiger partial charge on any atom is 0.306 e. The van der Waals surface area contributed by atoms with E-state index in [9.17, 15) is 14.4 Å². The standard InChI is InChI=1S/C57H110O6/c1-4-7-10-13-16-18-20-22-24-25-26-27-28-29-30-31-33-34-36-38-41-44-47-50-56(59)62-53-54(52-61-55(58)49-46-43-40-15-12-9-6-3)63-57(60)51-48-45-42-39-37-35-32-23-21-19-17-14-11-8-5-2/h54H,4-53H2,1-3H3. The van der Waals surface area contributed by atoms with E-state index >= 15 is 0 Å². The summed E-state index contributed by atoms with van der Waals surface area (Å²) in [6, 6.07) is 0. The molecule has 0 aliphatic heterocycles. The summed E-state index contributed by atoms with van der Waals surface area (Å²) in [5.74, 6) is -0.844. The molecule has 0 fully saturated rings. The molecule has 6 heteroatoms. The number of hydrogen-bond donors (Lipinski definition) is 0. The molecule has 0 bridgehead atoms. The fourth-order valence-electron chi connectivity index (χ4n) is 8.80. The van der Waals surface area contributed by atoms with Crippen molar-refractivity contribution in [3.8, 4) is 0 Å². The maximum atomic E-state index is 12.8. The summed E-state index contributed by atoms with van der Waals surface area (Å²) in [4.78, 5) is 37.9. The molecular formula is C57H110O6. The van der Waals surface area contributed by atoms with Gasteiger partial charge in [0, 0.05) is 19.3 Å². The second-order valence-electron chi connectivity index (χ2n) is 19.6. The van der Waals surface area contributed by atoms with Gasteiger partial charge in [-0.3, -0.25) is 14.4 Å². The molecule has 0 aromatic heterocycles. The van der Waals surface area contributed by atoms with Crippen LogP contribution < -0.4 is 0 Å². The first-order valence-corrected chi connectivity index (χ1v) is 28.5. The fraction of sp³-hybridized carbons (Fsp3) is 0.947. The summed E-state index contributed by atoms with van der Waals surface area (Å²) in [6.07, 6.45) is 58.4. The van der Waals surface area contributed by atoms with Gasteiger partial charge in [0.25, 0.3) is 0 Å². The molecule has 0 saturated carbocycles. The van der Waals surface area contributed by atoms with E-state index in [0.29, 0.717) is 19.3 Å². The van der Waals surface area contributed by atoms with E-state index in [1.54, 1.807) is 0 Å². The molecule has 374 valence electrons. The predicted molar refractivity (Wildman–Crippen MR) is 270 cm³/mol. The van der Waals surface area contributed by atoms with E-state index in [1.807, 2.05) is 0 Å². The molecule has 0 saturated heterocycles. The summed E-state index contributed by atoms with van der Waals surface area (Å²) in [6.45, 7) is 6.66. The van der Waals surface area contributed by atoms with Crippen molar-refractivity contribution in [2.45, 2.75) is 335 Å². The van der Waals surface area contributed by atoms with Crippen molar-refractivity contribution in [2.75, 3.05) is 13.2 Å². The lowest BCUT2D eigenvalue weighted by atomic mass is 10.0. The average molecular weight is 892 g/mol. The van der Waals surface area contributed by atoms with Gasteiger partial charge in [-0.1, -0.05) is 290 Å². The Morgan fingerprint density at radius 3 is 0.635 bits per heavy atom. The summed E-state index contributed by atoms with van der Waals surface area (Å²) in [5.41, 5.74) is 0. The highest BCUT2D eigenvalue weighted by molar-refractivity contribution is 5.71. The molecule has 0 spiro atoms. The second-order valence-corrected chi connectivity index (χ2v) is 19.6. The zero-order valence-electron chi connectivity index (χ0n) is 42.9. The SMILES string of the molecule is CCCCCCCCCCCCCCCCCCCCCCCCCC(=O)OCC(COC(=O)CCCCCCCCC)OC(=O)CCCCCCCCCCCCCCCCC. The molecule has 0 aliphatic carbocycles. The molecular weight excluding hydrogens is 781 g/mol. The third-order valence-corrected chi connectivity index (χ3v) is 13.1. The molecule has 0 aliphatic rings. The van der Waals surface area contributed by atoms with Gasteiger partial charge in [-0.15, -0.1) is 0 Å². The molecule has 63 heavy (non-hydrogen) atoms. The Balaban J connectivity index is 4.08. The molecule has 1 unspecified atom stereocenters. The lowest BCUT2D eigenvalue weighted by molar-refractivity contribution is -0.167. The van der Waals surface area contributed by atoms with E-state index < -0.39 is 6.10 Å². The Morgan fingerprint density at radius 1 is 0.254 bits per heavy atom. The minimum atomic E-state index is -0.759. The fourth-order valence-corrected chi connectivity index (χ4v) is 8.80. The Labute approximate surface area is 393 Å². The van der Waals surface area contributed by atoms with E-state index in [4.69, 9.17) is 14.2 Å². The summed E-state index contributed by atoms with van der Waals surface area (Å²) in [5, 5.41) is 0. The van der Waals surface area contributed by atoms with Gasteiger partial charge in [0.1, 0.15) is 13.2 Å². The van der Waals surface area contributed by atoms with Crippen LogP contribution in [0.3, 0.4) is 0 Å². The van der Waals surface area contributed by atoms with Crippen molar-refractivity contribution in [3.63, 3.8) is 0 Å². The topological polar surface area (TPSA) is 78.9 Å². The molecule has 0 heterocycles. The normalized spacial score (nSPS) is 11.9. The van der Waals surface area contributed by atoms with Crippen LogP contribution in [-0.2, 0) is 28.6 Å². The highest BCUT2D eigenvalue weighted by atomic mass is 16.6. The predicted octanol–water partition coefficient (Wildman–Crippen LogP) is 18.8. The monoisotopic (exact) mass is 891 g/mol. The van der Waals surface area contributed by atoms with Crippen LogP contribution in [0.15, 0.2) is 0 Å². The molecule has 0 aromatic carbocycles. The quantitative estimate of drug-likeness (QED) is 0.0344. The van der Waals surface area contributed by atoms with Gasteiger partial charge in [-0.2, -0.15) is 0 Å². The Morgan fingerprint density at radius 2 is 0.429 bits per heavy atom. The number of esters is 3. The smallest absolute Gasteiger partial charge is 0.306 e. The lowest BCUT2D eigenvalue weighted by Gasteiger charge is -2.18. The molecule has 6 nitrogen and oxygen atoms in total. The van der Waals surface area contributed by atoms with Crippen LogP contribution in [0.5, 0.6) is 0 Å². The van der Waals surface area contributed by atoms with Gasteiger partial charge < -0.3 is 14.2 Å². The Kier molecular flexibility index (Phi) is 51.7. The highest BCUT2D eigenvalue weighted by Gasteiger charge is 2.19. The summed E-state index contributed by atoms with van der Waals surface area (Å²) in [7, 11) is 0. The minimum Gasteiger partial charge on any atom is -0.462 e. The molecule has 0 rings (SSSR count). The van der Waals surface area contributed by atoms with E-state index in [1.165, 1.54) is 231 Å².